The molecular weight excluding hydrogens is 510 g/mol. The molecule has 1 spiro atoms. The van der Waals surface area contributed by atoms with Crippen LogP contribution in [-0.2, 0) is 10.0 Å². The minimum absolute atomic E-state index is 0.0491. The van der Waals surface area contributed by atoms with E-state index in [-0.39, 0.29) is 16.9 Å². The summed E-state index contributed by atoms with van der Waals surface area (Å²) >= 11 is 0. The number of nitrogens with one attached hydrogen (secondary N) is 1. The fraction of sp³-hybridized carbons (Fsp3) is 0.548. The van der Waals surface area contributed by atoms with Crippen molar-refractivity contribution in [3.63, 3.8) is 0 Å². The molecule has 1 saturated carbocycles. The second-order valence-corrected chi connectivity index (χ2v) is 13.5. The predicted octanol–water partition coefficient (Wildman–Crippen LogP) is 5.73. The van der Waals surface area contributed by atoms with Crippen molar-refractivity contribution in [3.05, 3.63) is 66.4 Å². The Hall–Kier alpha value is -2.87. The number of anilines is 1. The van der Waals surface area contributed by atoms with Gasteiger partial charge in [0.25, 0.3) is 5.91 Å². The molecule has 210 valence electrons. The Morgan fingerprint density at radius 3 is 2.67 bits per heavy atom. The zero-order valence-corrected chi connectivity index (χ0v) is 23.7. The molecule has 1 aromatic rings. The molecule has 1 N–H and O–H groups in total. The molecule has 0 unspecified atom stereocenters. The third-order valence-electron chi connectivity index (χ3n) is 9.05. The molecule has 5 rings (SSSR count). The quantitative estimate of drug-likeness (QED) is 0.483. The summed E-state index contributed by atoms with van der Waals surface area (Å²) in [6.45, 7) is 10.1. The number of hydrogen-bond donors (Lipinski definition) is 1. The lowest BCUT2D eigenvalue weighted by atomic mass is 9.68. The summed E-state index contributed by atoms with van der Waals surface area (Å²) < 4.78 is 33.9. The number of carbonyl (C=O) groups excluding carboxylic acids is 1. The van der Waals surface area contributed by atoms with E-state index in [0.717, 1.165) is 45.1 Å². The van der Waals surface area contributed by atoms with Crippen molar-refractivity contribution in [1.29, 1.82) is 0 Å². The number of nitrogens with zero attached hydrogens (tertiary/aromatic N) is 2. The van der Waals surface area contributed by atoms with E-state index < -0.39 is 15.9 Å². The highest BCUT2D eigenvalue weighted by molar-refractivity contribution is 7.90. The second kappa shape index (κ2) is 11.7. The summed E-state index contributed by atoms with van der Waals surface area (Å²) in [7, 11) is -3.72. The first-order valence-electron chi connectivity index (χ1n) is 14.4. The van der Waals surface area contributed by atoms with Crippen LogP contribution in [0.3, 0.4) is 0 Å². The van der Waals surface area contributed by atoms with Crippen molar-refractivity contribution in [2.75, 3.05) is 30.3 Å². The summed E-state index contributed by atoms with van der Waals surface area (Å²) in [6.07, 6.45) is 18.1. The van der Waals surface area contributed by atoms with Crippen LogP contribution in [0.15, 0.2) is 60.7 Å². The van der Waals surface area contributed by atoms with Gasteiger partial charge in [-0.1, -0.05) is 63.1 Å². The van der Waals surface area contributed by atoms with E-state index in [2.05, 4.69) is 28.9 Å². The van der Waals surface area contributed by atoms with Gasteiger partial charge in [0.1, 0.15) is 5.69 Å². The number of aromatic nitrogens is 1. The molecule has 1 amide bonds. The van der Waals surface area contributed by atoms with Gasteiger partial charge in [0.15, 0.2) is 11.6 Å². The number of amides is 1. The van der Waals surface area contributed by atoms with Crippen molar-refractivity contribution < 1.29 is 17.9 Å². The Balaban J connectivity index is 1.56. The van der Waals surface area contributed by atoms with E-state index >= 15 is 0 Å². The second-order valence-electron chi connectivity index (χ2n) is 11.6. The number of fused-ring (bicyclic) bond motifs is 2. The molecule has 4 aliphatic rings. The van der Waals surface area contributed by atoms with Gasteiger partial charge in [0, 0.05) is 18.5 Å². The van der Waals surface area contributed by atoms with Gasteiger partial charge in [0.05, 0.1) is 12.4 Å². The fourth-order valence-corrected chi connectivity index (χ4v) is 7.87. The molecule has 8 heteroatoms. The van der Waals surface area contributed by atoms with Crippen LogP contribution in [0.5, 0.6) is 5.75 Å². The van der Waals surface area contributed by atoms with Crippen LogP contribution in [0.2, 0.25) is 0 Å². The van der Waals surface area contributed by atoms with Crippen LogP contribution < -0.4 is 14.4 Å². The largest absolute Gasteiger partial charge is 0.489 e. The van der Waals surface area contributed by atoms with Gasteiger partial charge in [-0.25, -0.2) is 18.1 Å². The number of hydrogen-bond acceptors (Lipinski definition) is 6. The van der Waals surface area contributed by atoms with E-state index in [1.165, 1.54) is 30.4 Å². The molecule has 2 bridgehead atoms. The fourth-order valence-electron chi connectivity index (χ4n) is 6.79. The minimum Gasteiger partial charge on any atom is -0.489 e. The third-order valence-corrected chi connectivity index (χ3v) is 10.4. The van der Waals surface area contributed by atoms with Gasteiger partial charge < -0.3 is 9.64 Å². The van der Waals surface area contributed by atoms with E-state index in [1.54, 1.807) is 18.2 Å². The van der Waals surface area contributed by atoms with E-state index in [9.17, 15) is 13.2 Å². The number of rotatable bonds is 3. The lowest BCUT2D eigenvalue weighted by Gasteiger charge is -2.44. The van der Waals surface area contributed by atoms with Crippen LogP contribution in [0.25, 0.3) is 0 Å². The third kappa shape index (κ3) is 6.01. The zero-order valence-electron chi connectivity index (χ0n) is 22.9. The SMILES string of the molecule is C=C/C=C\C1=C(C=C)CCC[C@]12COc1ccc3nc1N(C[C@@H]1CC[C@H]1CCCCCCS(=O)(=O)NC3=O)C2. The summed E-state index contributed by atoms with van der Waals surface area (Å²) in [4.78, 5) is 20.1. The van der Waals surface area contributed by atoms with Crippen molar-refractivity contribution in [2.45, 2.75) is 64.2 Å². The van der Waals surface area contributed by atoms with Crippen molar-refractivity contribution >= 4 is 21.7 Å². The lowest BCUT2D eigenvalue weighted by Crippen LogP contribution is -2.46. The molecule has 2 aliphatic carbocycles. The van der Waals surface area contributed by atoms with Crippen molar-refractivity contribution in [3.8, 4) is 5.75 Å². The maximum absolute atomic E-state index is 13.0. The Morgan fingerprint density at radius 1 is 1.08 bits per heavy atom. The Morgan fingerprint density at radius 2 is 1.90 bits per heavy atom. The molecule has 3 atom stereocenters. The van der Waals surface area contributed by atoms with Crippen LogP contribution in [0, 0.1) is 17.3 Å². The standard InChI is InChI=1S/C31H41N3O4S/c1-3-5-13-26-23(4-2)12-10-18-31(26)21-34-20-25-15-14-24(25)11-8-6-7-9-19-39(36,37)33-30(35)27-16-17-28(38-22-31)29(34)32-27/h3-5,13,16-17,24-25H,1-2,6-12,14-15,18-22H2,(H,33,35)/b13-5-/t24-,25+,31+/m1/s1. The van der Waals surface area contributed by atoms with Crippen LogP contribution in [-0.4, -0.2) is 44.8 Å². The highest BCUT2D eigenvalue weighted by atomic mass is 32.2. The summed E-state index contributed by atoms with van der Waals surface area (Å²) in [5, 5.41) is 0. The molecule has 0 radical (unpaired) electrons. The first-order chi connectivity index (χ1) is 18.8. The van der Waals surface area contributed by atoms with Crippen LogP contribution >= 0.6 is 0 Å². The predicted molar refractivity (Wildman–Crippen MR) is 155 cm³/mol. The van der Waals surface area contributed by atoms with E-state index in [4.69, 9.17) is 9.72 Å². The zero-order chi connectivity index (χ0) is 27.5. The van der Waals surface area contributed by atoms with Gasteiger partial charge in [-0.3, -0.25) is 4.79 Å². The Labute approximate surface area is 233 Å². The molecule has 1 aromatic heterocycles. The van der Waals surface area contributed by atoms with Crippen LogP contribution in [0.4, 0.5) is 5.82 Å². The van der Waals surface area contributed by atoms with Gasteiger partial charge in [-0.05, 0) is 73.6 Å². The van der Waals surface area contributed by atoms with Crippen molar-refractivity contribution in [2.24, 2.45) is 17.3 Å². The number of carbonyl (C=O) groups is 1. The minimum atomic E-state index is -3.72. The summed E-state index contributed by atoms with van der Waals surface area (Å²) in [5.74, 6) is 1.77. The van der Waals surface area contributed by atoms with E-state index in [1.807, 2.05) is 12.2 Å². The Bertz CT molecular complexity index is 1280. The average Bonchev–Trinajstić information content (AvgIpc) is 3.05. The first-order valence-corrected chi connectivity index (χ1v) is 16.1. The molecule has 39 heavy (non-hydrogen) atoms. The van der Waals surface area contributed by atoms with Crippen molar-refractivity contribution in [1.82, 2.24) is 9.71 Å². The monoisotopic (exact) mass is 551 g/mol. The molecule has 0 aromatic carbocycles. The maximum atomic E-state index is 13.0. The normalized spacial score (nSPS) is 29.5. The van der Waals surface area contributed by atoms with E-state index in [0.29, 0.717) is 43.0 Å². The first kappa shape index (κ1) is 27.7. The van der Waals surface area contributed by atoms with Gasteiger partial charge in [-0.15, -0.1) is 0 Å². The topological polar surface area (TPSA) is 88.6 Å². The number of pyridine rings is 1. The smallest absolute Gasteiger partial charge is 0.283 e. The molecule has 3 heterocycles. The molecule has 7 nitrogen and oxygen atoms in total. The highest BCUT2D eigenvalue weighted by Crippen LogP contribution is 2.48. The maximum Gasteiger partial charge on any atom is 0.283 e. The average molecular weight is 552 g/mol. The molecule has 2 aliphatic heterocycles. The highest BCUT2D eigenvalue weighted by Gasteiger charge is 2.44. The van der Waals surface area contributed by atoms with Gasteiger partial charge >= 0.3 is 0 Å². The number of sulfonamides is 1. The number of allylic oxidation sites excluding steroid dienone is 5. The lowest BCUT2D eigenvalue weighted by molar-refractivity contribution is 0.0976. The van der Waals surface area contributed by atoms with Gasteiger partial charge in [0.2, 0.25) is 10.0 Å². The van der Waals surface area contributed by atoms with Crippen LogP contribution in [0.1, 0.15) is 74.7 Å². The molecular formula is C31H41N3O4S. The molecule has 0 saturated heterocycles. The number of ether oxygens (including phenoxy) is 1. The summed E-state index contributed by atoms with van der Waals surface area (Å²) in [5.41, 5.74) is 2.31. The molecule has 1 fully saturated rings. The summed E-state index contributed by atoms with van der Waals surface area (Å²) in [6, 6.07) is 3.34. The Kier molecular flexibility index (Phi) is 8.31. The van der Waals surface area contributed by atoms with Gasteiger partial charge in [-0.2, -0.15) is 0 Å².